The fraction of sp³-hybridized carbons (Fsp3) is 0.551. The third-order valence-corrected chi connectivity index (χ3v) is 15.2. The molecule has 0 bridgehead atoms. The van der Waals surface area contributed by atoms with Crippen molar-refractivity contribution in [2.75, 3.05) is 52.9 Å². The van der Waals surface area contributed by atoms with E-state index in [4.69, 9.17) is 14.0 Å². The number of benzene rings is 1. The monoisotopic (exact) mass is 939 g/mol. The zero-order chi connectivity index (χ0) is 46.6. The molecule has 4 aromatic heterocycles. The molecule has 7 heterocycles. The van der Waals surface area contributed by atoms with Crippen LogP contribution in [0.3, 0.4) is 0 Å². The highest BCUT2D eigenvalue weighted by molar-refractivity contribution is 7.17. The van der Waals surface area contributed by atoms with Crippen molar-refractivity contribution < 1.29 is 37.6 Å². The van der Waals surface area contributed by atoms with Crippen LogP contribution >= 0.6 is 11.3 Å². The van der Waals surface area contributed by atoms with E-state index in [1.165, 1.54) is 12.1 Å². The van der Waals surface area contributed by atoms with Crippen LogP contribution in [-0.4, -0.2) is 141 Å². The van der Waals surface area contributed by atoms with Gasteiger partial charge in [0.15, 0.2) is 5.76 Å². The summed E-state index contributed by atoms with van der Waals surface area (Å²) in [7, 11) is 1.72. The van der Waals surface area contributed by atoms with Gasteiger partial charge in [-0.3, -0.25) is 29.1 Å². The zero-order valence-corrected chi connectivity index (χ0v) is 39.5. The van der Waals surface area contributed by atoms with Crippen molar-refractivity contribution in [2.45, 2.75) is 115 Å². The lowest BCUT2D eigenvalue weighted by atomic mass is 9.83. The van der Waals surface area contributed by atoms with Crippen LogP contribution in [-0.2, 0) is 27.5 Å². The first kappa shape index (κ1) is 46.5. The second-order valence-corrected chi connectivity index (χ2v) is 19.6. The van der Waals surface area contributed by atoms with Crippen molar-refractivity contribution >= 4 is 56.1 Å². The standard InChI is InChI=1S/C49H62FN9O7S/c1-31-27-56(49(63)45(33-8-5-4-6-9-33)53-47(61)32(2)51-3)21-22-57(31)48(62)41-25-34-24-35(50)11-12-40(34)59(41)29-44(60)58-18-7-10-36(58)30-64-43-26-38(66-54-43)28-55-19-14-37(15-20-55)65-42-13-17-52-39-16-23-67-46(39)42/h11-13,16-17,23-26,31-33,36-37,45,51H,4-10,14-15,18-22,27-30H2,1-3H3,(H,53,61)/t31?,32?,36?,45-/m0/s1. The summed E-state index contributed by atoms with van der Waals surface area (Å²) in [5.74, 6) is 0.764. The van der Waals surface area contributed by atoms with Crippen LogP contribution < -0.4 is 20.1 Å². The number of ether oxygens (including phenoxy) is 2. The van der Waals surface area contributed by atoms with Gasteiger partial charge in [0.2, 0.25) is 17.7 Å². The Labute approximate surface area is 394 Å². The molecule has 0 spiro atoms. The number of nitrogens with zero attached hydrogens (tertiary/aromatic N) is 7. The van der Waals surface area contributed by atoms with Gasteiger partial charge in [0.05, 0.1) is 28.8 Å². The number of amides is 4. The van der Waals surface area contributed by atoms with Crippen molar-refractivity contribution in [2.24, 2.45) is 5.92 Å². The lowest BCUT2D eigenvalue weighted by molar-refractivity contribution is -0.140. The topological polar surface area (TPSA) is 168 Å². The Morgan fingerprint density at radius 3 is 2.55 bits per heavy atom. The molecule has 358 valence electrons. The SMILES string of the molecule is CNC(C)C(=O)N[C@H](C(=O)N1CCN(C(=O)c2cc3cc(F)ccc3n2CC(=O)N2CCCC2COc2cc(CN3CCC(Oc4ccnc5ccsc45)CC3)on2)C(C)C1)C1CCCCC1. The number of likely N-dealkylation sites (tertiary alicyclic amines) is 2. The van der Waals surface area contributed by atoms with Crippen LogP contribution in [0.5, 0.6) is 11.6 Å². The molecule has 1 aromatic carbocycles. The van der Waals surface area contributed by atoms with Crippen molar-refractivity contribution in [3.8, 4) is 11.6 Å². The molecule has 9 rings (SSSR count). The summed E-state index contributed by atoms with van der Waals surface area (Å²) >= 11 is 1.64. The number of nitrogens with one attached hydrogen (secondary N) is 2. The van der Waals surface area contributed by atoms with Crippen LogP contribution in [0.15, 0.2) is 58.6 Å². The fourth-order valence-electron chi connectivity index (χ4n) is 10.4. The van der Waals surface area contributed by atoms with Crippen LogP contribution in [0.4, 0.5) is 4.39 Å². The molecule has 2 N–H and O–H groups in total. The smallest absolute Gasteiger partial charge is 0.270 e. The lowest BCUT2D eigenvalue weighted by Gasteiger charge is -2.42. The number of piperazine rings is 1. The molecule has 5 aromatic rings. The Hall–Kier alpha value is -5.59. The first-order chi connectivity index (χ1) is 32.5. The Bertz CT molecular complexity index is 2550. The third kappa shape index (κ3) is 10.5. The van der Waals surface area contributed by atoms with E-state index in [0.717, 1.165) is 86.8 Å². The van der Waals surface area contributed by atoms with Gasteiger partial charge in [0, 0.05) is 68.5 Å². The maximum atomic E-state index is 14.6. The van der Waals surface area contributed by atoms with Crippen LogP contribution in [0.2, 0.25) is 0 Å². The Morgan fingerprint density at radius 2 is 1.76 bits per heavy atom. The van der Waals surface area contributed by atoms with E-state index < -0.39 is 17.9 Å². The largest absolute Gasteiger partial charge is 0.489 e. The highest BCUT2D eigenvalue weighted by atomic mass is 32.1. The van der Waals surface area contributed by atoms with Gasteiger partial charge in [0.1, 0.15) is 42.6 Å². The number of fused-ring (bicyclic) bond motifs is 2. The molecule has 0 radical (unpaired) electrons. The number of likely N-dealkylation sites (N-methyl/N-ethyl adjacent to an activating group) is 1. The number of aromatic nitrogens is 3. The minimum Gasteiger partial charge on any atom is -0.489 e. The predicted molar refractivity (Wildman–Crippen MR) is 251 cm³/mol. The second kappa shape index (κ2) is 20.7. The highest BCUT2D eigenvalue weighted by Gasteiger charge is 2.39. The molecule has 1 aliphatic carbocycles. The summed E-state index contributed by atoms with van der Waals surface area (Å²) in [6.45, 7) is 7.50. The van der Waals surface area contributed by atoms with Gasteiger partial charge in [-0.15, -0.1) is 11.3 Å². The number of thiophene rings is 1. The van der Waals surface area contributed by atoms with Crippen molar-refractivity contribution in [3.63, 3.8) is 0 Å². The molecule has 4 atom stereocenters. The van der Waals surface area contributed by atoms with E-state index in [1.54, 1.807) is 62.9 Å². The van der Waals surface area contributed by atoms with Gasteiger partial charge >= 0.3 is 0 Å². The average Bonchev–Trinajstić information content (AvgIpc) is 4.18. The molecule has 16 nitrogen and oxygen atoms in total. The Kier molecular flexibility index (Phi) is 14.4. The molecule has 1 saturated carbocycles. The normalized spacial score (nSPS) is 20.9. The molecule has 4 fully saturated rings. The summed E-state index contributed by atoms with van der Waals surface area (Å²) in [5.41, 5.74) is 1.81. The maximum absolute atomic E-state index is 14.6. The zero-order valence-electron chi connectivity index (χ0n) is 38.7. The number of carbonyl (C=O) groups is 4. The van der Waals surface area contributed by atoms with Crippen molar-refractivity contribution in [1.29, 1.82) is 0 Å². The molecule has 3 unspecified atom stereocenters. The van der Waals surface area contributed by atoms with Crippen LogP contribution in [0.25, 0.3) is 21.1 Å². The van der Waals surface area contributed by atoms with E-state index in [-0.39, 0.29) is 73.1 Å². The van der Waals surface area contributed by atoms with E-state index in [1.807, 2.05) is 30.5 Å². The quantitative estimate of drug-likeness (QED) is 0.130. The van der Waals surface area contributed by atoms with E-state index >= 15 is 0 Å². The summed E-state index contributed by atoms with van der Waals surface area (Å²) in [6, 6.07) is 10.1. The number of rotatable bonds is 15. The molecule has 3 saturated heterocycles. The number of hydrogen-bond acceptors (Lipinski definition) is 12. The third-order valence-electron chi connectivity index (χ3n) is 14.3. The number of carbonyl (C=O) groups excluding carboxylic acids is 4. The first-order valence-electron chi connectivity index (χ1n) is 24.0. The number of halogens is 1. The fourth-order valence-corrected chi connectivity index (χ4v) is 11.2. The van der Waals surface area contributed by atoms with Gasteiger partial charge in [0.25, 0.3) is 11.8 Å². The molecule has 4 aliphatic rings. The molecule has 67 heavy (non-hydrogen) atoms. The van der Waals surface area contributed by atoms with Crippen LogP contribution in [0, 0.1) is 11.7 Å². The second-order valence-electron chi connectivity index (χ2n) is 18.7. The minimum atomic E-state index is -0.632. The van der Waals surface area contributed by atoms with Crippen molar-refractivity contribution in [3.05, 3.63) is 71.3 Å². The average molecular weight is 940 g/mol. The van der Waals surface area contributed by atoms with Gasteiger partial charge in [-0.25, -0.2) is 4.39 Å². The predicted octanol–water partition coefficient (Wildman–Crippen LogP) is 5.84. The Balaban J connectivity index is 0.804. The summed E-state index contributed by atoms with van der Waals surface area (Å²) < 4.78 is 35.6. The molecular weight excluding hydrogens is 878 g/mol. The van der Waals surface area contributed by atoms with Crippen molar-refractivity contribution in [1.82, 2.24) is 44.9 Å². The molecule has 3 aliphatic heterocycles. The van der Waals surface area contributed by atoms with Gasteiger partial charge in [-0.1, -0.05) is 19.3 Å². The highest BCUT2D eigenvalue weighted by Crippen LogP contribution is 2.33. The number of piperidine rings is 1. The summed E-state index contributed by atoms with van der Waals surface area (Å²) in [6.07, 6.45) is 10.2. The lowest BCUT2D eigenvalue weighted by Crippen LogP contribution is -2.61. The number of hydrogen-bond donors (Lipinski definition) is 2. The summed E-state index contributed by atoms with van der Waals surface area (Å²) in [5, 5.41) is 12.8. The minimum absolute atomic E-state index is 0.0535. The molecule has 18 heteroatoms. The number of pyridine rings is 1. The van der Waals surface area contributed by atoms with Gasteiger partial charge < -0.3 is 43.9 Å². The molecular formula is C49H62FN9O7S. The Morgan fingerprint density at radius 1 is 0.940 bits per heavy atom. The first-order valence-corrected chi connectivity index (χ1v) is 24.9. The van der Waals surface area contributed by atoms with E-state index in [2.05, 4.69) is 25.7 Å². The van der Waals surface area contributed by atoms with Gasteiger partial charge in [-0.2, -0.15) is 0 Å². The van der Waals surface area contributed by atoms with Gasteiger partial charge in [-0.05, 0) is 112 Å². The van der Waals surface area contributed by atoms with E-state index in [9.17, 15) is 23.6 Å². The maximum Gasteiger partial charge on any atom is 0.270 e. The van der Waals surface area contributed by atoms with E-state index in [0.29, 0.717) is 48.7 Å². The summed E-state index contributed by atoms with van der Waals surface area (Å²) in [4.78, 5) is 68.0. The van der Waals surface area contributed by atoms with Crippen LogP contribution in [0.1, 0.15) is 87.9 Å². The molecule has 4 amide bonds.